The summed E-state index contributed by atoms with van der Waals surface area (Å²) in [4.78, 5) is 9.73. The summed E-state index contributed by atoms with van der Waals surface area (Å²) < 4.78 is 0. The zero-order valence-corrected chi connectivity index (χ0v) is 18.0. The Morgan fingerprint density at radius 1 is 1.13 bits per heavy atom. The molecule has 0 spiro atoms. The Hall–Kier alpha value is -2.70. The SMILES string of the molecule is CNc1cc(-c2c3c(nc(C4CCCC4)c2C(C)N=NN=N)CCCCC3)ccn1. The number of aryl methyl sites for hydroxylation is 1. The number of nitrogens with zero attached hydrogens (tertiary/aromatic N) is 5. The lowest BCUT2D eigenvalue weighted by Crippen LogP contribution is -2.13. The van der Waals surface area contributed by atoms with Gasteiger partial charge in [0, 0.05) is 36.1 Å². The molecule has 2 aromatic heterocycles. The van der Waals surface area contributed by atoms with E-state index in [1.165, 1.54) is 73.0 Å². The quantitative estimate of drug-likeness (QED) is 0.323. The van der Waals surface area contributed by atoms with Crippen LogP contribution in [-0.2, 0) is 12.8 Å². The molecule has 1 atom stereocenters. The van der Waals surface area contributed by atoms with Crippen molar-refractivity contribution in [2.45, 2.75) is 76.7 Å². The van der Waals surface area contributed by atoms with Crippen LogP contribution in [0.1, 0.15) is 86.3 Å². The first-order valence-corrected chi connectivity index (χ1v) is 11.2. The topological polar surface area (TPSA) is 98.7 Å². The molecule has 7 heteroatoms. The van der Waals surface area contributed by atoms with Crippen molar-refractivity contribution in [3.63, 3.8) is 0 Å². The van der Waals surface area contributed by atoms with Crippen LogP contribution in [-0.4, -0.2) is 17.0 Å². The highest BCUT2D eigenvalue weighted by Crippen LogP contribution is 2.44. The number of fused-ring (bicyclic) bond motifs is 1. The molecule has 2 heterocycles. The molecule has 0 aromatic carbocycles. The summed E-state index contributed by atoms with van der Waals surface area (Å²) in [5.74, 6) is 1.33. The van der Waals surface area contributed by atoms with Crippen LogP contribution in [0.15, 0.2) is 33.9 Å². The van der Waals surface area contributed by atoms with Crippen molar-refractivity contribution in [2.75, 3.05) is 12.4 Å². The van der Waals surface area contributed by atoms with Crippen LogP contribution in [0.4, 0.5) is 5.82 Å². The second-order valence-corrected chi connectivity index (χ2v) is 8.41. The molecule has 1 unspecified atom stereocenters. The predicted molar refractivity (Wildman–Crippen MR) is 118 cm³/mol. The van der Waals surface area contributed by atoms with Gasteiger partial charge in [-0.2, -0.15) is 10.6 Å². The summed E-state index contributed by atoms with van der Waals surface area (Å²) in [6.07, 6.45) is 12.5. The van der Waals surface area contributed by atoms with Crippen molar-refractivity contribution in [3.05, 3.63) is 40.8 Å². The molecule has 0 aliphatic heterocycles. The third-order valence-electron chi connectivity index (χ3n) is 6.53. The van der Waals surface area contributed by atoms with Gasteiger partial charge in [0.05, 0.1) is 6.04 Å². The largest absolute Gasteiger partial charge is 0.373 e. The van der Waals surface area contributed by atoms with E-state index in [1.54, 1.807) is 0 Å². The Bertz CT molecular complexity index is 931. The summed E-state index contributed by atoms with van der Waals surface area (Å²) in [6, 6.07) is 4.03. The molecule has 2 N–H and O–H groups in total. The van der Waals surface area contributed by atoms with Crippen LogP contribution < -0.4 is 5.32 Å². The van der Waals surface area contributed by atoms with Crippen molar-refractivity contribution in [3.8, 4) is 11.1 Å². The van der Waals surface area contributed by atoms with E-state index in [0.717, 1.165) is 24.2 Å². The number of nitrogens with one attached hydrogen (secondary N) is 2. The van der Waals surface area contributed by atoms with E-state index in [2.05, 4.69) is 44.9 Å². The molecule has 2 aromatic rings. The van der Waals surface area contributed by atoms with Crippen LogP contribution in [0.2, 0.25) is 0 Å². The molecule has 0 saturated heterocycles. The van der Waals surface area contributed by atoms with E-state index >= 15 is 0 Å². The molecule has 4 rings (SSSR count). The van der Waals surface area contributed by atoms with Gasteiger partial charge in [-0.15, -0.1) is 0 Å². The average molecular weight is 406 g/mol. The molecule has 1 fully saturated rings. The molecule has 0 bridgehead atoms. The lowest BCUT2D eigenvalue weighted by molar-refractivity contribution is 0.640. The zero-order chi connectivity index (χ0) is 20.9. The molecule has 7 nitrogen and oxygen atoms in total. The molecule has 1 saturated carbocycles. The average Bonchev–Trinajstić information content (AvgIpc) is 3.21. The van der Waals surface area contributed by atoms with Crippen molar-refractivity contribution < 1.29 is 0 Å². The van der Waals surface area contributed by atoms with Crippen molar-refractivity contribution in [1.82, 2.24) is 9.97 Å². The van der Waals surface area contributed by atoms with Crippen LogP contribution >= 0.6 is 0 Å². The van der Waals surface area contributed by atoms with E-state index in [9.17, 15) is 0 Å². The number of hydrogen-bond acceptors (Lipinski definition) is 5. The summed E-state index contributed by atoms with van der Waals surface area (Å²) in [5.41, 5.74) is 14.5. The van der Waals surface area contributed by atoms with E-state index in [1.807, 2.05) is 13.2 Å². The van der Waals surface area contributed by atoms with Gasteiger partial charge < -0.3 is 5.32 Å². The number of rotatable bonds is 6. The Labute approximate surface area is 178 Å². The first-order chi connectivity index (χ1) is 14.7. The third kappa shape index (κ3) is 4.11. The van der Waals surface area contributed by atoms with Gasteiger partial charge in [0.15, 0.2) is 0 Å². The minimum atomic E-state index is -0.197. The van der Waals surface area contributed by atoms with E-state index < -0.39 is 0 Å². The minimum absolute atomic E-state index is 0.197. The Morgan fingerprint density at radius 3 is 2.70 bits per heavy atom. The van der Waals surface area contributed by atoms with Gasteiger partial charge >= 0.3 is 0 Å². The van der Waals surface area contributed by atoms with Gasteiger partial charge in [-0.05, 0) is 84.7 Å². The molecule has 30 heavy (non-hydrogen) atoms. The Kier molecular flexibility index (Phi) is 6.45. The lowest BCUT2D eigenvalue weighted by atomic mass is 9.84. The smallest absolute Gasteiger partial charge is 0.126 e. The van der Waals surface area contributed by atoms with Crippen molar-refractivity contribution in [1.29, 1.82) is 5.53 Å². The number of anilines is 1. The summed E-state index contributed by atoms with van der Waals surface area (Å²) in [6.45, 7) is 2.05. The first-order valence-electron chi connectivity index (χ1n) is 11.2. The maximum atomic E-state index is 7.06. The second-order valence-electron chi connectivity index (χ2n) is 8.41. The van der Waals surface area contributed by atoms with Crippen molar-refractivity contribution >= 4 is 5.82 Å². The highest BCUT2D eigenvalue weighted by molar-refractivity contribution is 5.75. The number of pyridine rings is 2. The van der Waals surface area contributed by atoms with Gasteiger partial charge in [-0.3, -0.25) is 4.98 Å². The number of hydrogen-bond donors (Lipinski definition) is 2. The van der Waals surface area contributed by atoms with Gasteiger partial charge in [-0.1, -0.05) is 19.3 Å². The van der Waals surface area contributed by atoms with Crippen LogP contribution in [0.3, 0.4) is 0 Å². The maximum Gasteiger partial charge on any atom is 0.126 e. The van der Waals surface area contributed by atoms with E-state index in [4.69, 9.17) is 10.5 Å². The fourth-order valence-corrected chi connectivity index (χ4v) is 5.10. The molecular weight excluding hydrogens is 374 g/mol. The second kappa shape index (κ2) is 9.41. The normalized spacial score (nSPS) is 18.2. The highest BCUT2D eigenvalue weighted by Gasteiger charge is 2.30. The molecule has 0 radical (unpaired) electrons. The van der Waals surface area contributed by atoms with Crippen LogP contribution in [0, 0.1) is 5.53 Å². The highest BCUT2D eigenvalue weighted by atomic mass is 15.4. The van der Waals surface area contributed by atoms with Crippen LogP contribution in [0.25, 0.3) is 11.1 Å². The number of aromatic nitrogens is 2. The summed E-state index contributed by atoms with van der Waals surface area (Å²) >= 11 is 0. The Balaban J connectivity index is 2.00. The van der Waals surface area contributed by atoms with Gasteiger partial charge in [0.25, 0.3) is 0 Å². The van der Waals surface area contributed by atoms with Crippen LogP contribution in [0.5, 0.6) is 0 Å². The molecular formula is C23H31N7. The lowest BCUT2D eigenvalue weighted by Gasteiger charge is -2.25. The van der Waals surface area contributed by atoms with Crippen molar-refractivity contribution in [2.24, 2.45) is 15.6 Å². The fourth-order valence-electron chi connectivity index (χ4n) is 5.10. The van der Waals surface area contributed by atoms with E-state index in [-0.39, 0.29) is 6.04 Å². The standard InChI is InChI=1S/C23H31N7/c1-15(28-30-29-24)21-22(17-12-13-26-20(14-17)25-2)18-10-4-3-5-11-19(18)27-23(21)16-8-6-7-9-16/h12-16,24H,3-11H2,1-2H3,(H,25,26). The van der Waals surface area contributed by atoms with Gasteiger partial charge in [0.2, 0.25) is 0 Å². The maximum absolute atomic E-state index is 7.06. The fraction of sp³-hybridized carbons (Fsp3) is 0.565. The third-order valence-corrected chi connectivity index (χ3v) is 6.53. The van der Waals surface area contributed by atoms with E-state index in [0.29, 0.717) is 5.92 Å². The summed E-state index contributed by atoms with van der Waals surface area (Å²) in [5, 5.41) is 14.3. The molecule has 2 aliphatic rings. The predicted octanol–water partition coefficient (Wildman–Crippen LogP) is 6.57. The molecule has 2 aliphatic carbocycles. The monoisotopic (exact) mass is 405 g/mol. The minimum Gasteiger partial charge on any atom is -0.373 e. The van der Waals surface area contributed by atoms with Gasteiger partial charge in [-0.25, -0.2) is 4.98 Å². The van der Waals surface area contributed by atoms with Gasteiger partial charge in [0.1, 0.15) is 5.82 Å². The Morgan fingerprint density at radius 2 is 1.93 bits per heavy atom. The molecule has 158 valence electrons. The zero-order valence-electron chi connectivity index (χ0n) is 18.0. The molecule has 0 amide bonds. The summed E-state index contributed by atoms with van der Waals surface area (Å²) in [7, 11) is 1.90. The first kappa shape index (κ1) is 20.6.